The van der Waals surface area contributed by atoms with Gasteiger partial charge in [0.15, 0.2) is 5.69 Å². The number of halogens is 4. The molecule has 0 aliphatic rings. The van der Waals surface area contributed by atoms with Crippen molar-refractivity contribution in [2.75, 3.05) is 0 Å². The minimum Gasteiger partial charge on any atom is -0.268 e. The summed E-state index contributed by atoms with van der Waals surface area (Å²) >= 11 is 3.05. The number of aromatic nitrogens is 2. The predicted molar refractivity (Wildman–Crippen MR) is 55.5 cm³/mol. The van der Waals surface area contributed by atoms with Crippen molar-refractivity contribution >= 4 is 22.0 Å². The lowest BCUT2D eigenvalue weighted by molar-refractivity contribution is -0.141. The highest BCUT2D eigenvalue weighted by Gasteiger charge is 2.37. The van der Waals surface area contributed by atoms with Crippen LogP contribution in [0.1, 0.15) is 23.9 Å². The molecule has 0 aliphatic heterocycles. The molecular formula is C9H10BrF3N2. The van der Waals surface area contributed by atoms with Gasteiger partial charge in [0.2, 0.25) is 0 Å². The van der Waals surface area contributed by atoms with Gasteiger partial charge in [0.1, 0.15) is 0 Å². The van der Waals surface area contributed by atoms with Gasteiger partial charge in [0.25, 0.3) is 0 Å². The summed E-state index contributed by atoms with van der Waals surface area (Å²) in [5.41, 5.74) is -0.181. The van der Waals surface area contributed by atoms with Crippen molar-refractivity contribution in [2.45, 2.75) is 18.4 Å². The largest absolute Gasteiger partial charge is 0.435 e. The van der Waals surface area contributed by atoms with Gasteiger partial charge in [0, 0.05) is 17.9 Å². The lowest BCUT2D eigenvalue weighted by Crippen LogP contribution is -2.08. The van der Waals surface area contributed by atoms with E-state index in [4.69, 9.17) is 0 Å². The first kappa shape index (κ1) is 12.3. The molecule has 1 aromatic rings. The molecule has 0 fully saturated rings. The van der Waals surface area contributed by atoms with E-state index in [1.807, 2.05) is 0 Å². The first-order chi connectivity index (χ1) is 6.91. The summed E-state index contributed by atoms with van der Waals surface area (Å²) in [7, 11) is 1.50. The van der Waals surface area contributed by atoms with E-state index in [2.05, 4.69) is 21.0 Å². The highest BCUT2D eigenvalue weighted by atomic mass is 79.9. The lowest BCUT2D eigenvalue weighted by atomic mass is 10.2. The fourth-order valence-corrected chi connectivity index (χ4v) is 1.86. The van der Waals surface area contributed by atoms with E-state index < -0.39 is 11.9 Å². The van der Waals surface area contributed by atoms with E-state index in [0.29, 0.717) is 5.69 Å². The second-order valence-corrected chi connectivity index (χ2v) is 3.53. The van der Waals surface area contributed by atoms with Crippen LogP contribution >= 0.6 is 15.9 Å². The van der Waals surface area contributed by atoms with Crippen LogP contribution in [0.2, 0.25) is 0 Å². The smallest absolute Gasteiger partial charge is 0.268 e. The van der Waals surface area contributed by atoms with Crippen LogP contribution in [0, 0.1) is 0 Å². The highest BCUT2D eigenvalue weighted by Crippen LogP contribution is 2.33. The number of allylic oxidation sites excluding steroid dienone is 1. The first-order valence-corrected chi connectivity index (χ1v) is 5.35. The van der Waals surface area contributed by atoms with Crippen LogP contribution in [0.25, 0.3) is 6.08 Å². The van der Waals surface area contributed by atoms with Gasteiger partial charge in [-0.1, -0.05) is 22.0 Å². The molecule has 0 aliphatic carbocycles. The topological polar surface area (TPSA) is 17.8 Å². The average molecular weight is 283 g/mol. The molecule has 15 heavy (non-hydrogen) atoms. The summed E-state index contributed by atoms with van der Waals surface area (Å²) in [5, 5.41) is 3.62. The zero-order valence-corrected chi connectivity index (χ0v) is 9.85. The predicted octanol–water partition coefficient (Wildman–Crippen LogP) is 3.37. The van der Waals surface area contributed by atoms with Crippen LogP contribution in [0.3, 0.4) is 0 Å². The Kier molecular flexibility index (Phi) is 3.59. The van der Waals surface area contributed by atoms with Crippen LogP contribution < -0.4 is 0 Å². The maximum absolute atomic E-state index is 12.5. The highest BCUT2D eigenvalue weighted by molar-refractivity contribution is 9.08. The van der Waals surface area contributed by atoms with Crippen molar-refractivity contribution < 1.29 is 13.2 Å². The zero-order chi connectivity index (χ0) is 11.6. The summed E-state index contributed by atoms with van der Waals surface area (Å²) in [4.78, 5) is 0. The molecule has 0 aromatic carbocycles. The third-order valence-electron chi connectivity index (χ3n) is 1.92. The molecule has 0 amide bonds. The summed E-state index contributed by atoms with van der Waals surface area (Å²) in [6, 6.07) is 0. The molecule has 0 spiro atoms. The molecule has 1 rings (SSSR count). The monoisotopic (exact) mass is 282 g/mol. The second-order valence-electron chi connectivity index (χ2n) is 2.97. The van der Waals surface area contributed by atoms with Crippen molar-refractivity contribution in [1.29, 1.82) is 0 Å². The van der Waals surface area contributed by atoms with E-state index in [-0.39, 0.29) is 10.9 Å². The molecule has 1 aromatic heterocycles. The average Bonchev–Trinajstić information content (AvgIpc) is 2.44. The van der Waals surface area contributed by atoms with Crippen molar-refractivity contribution in [2.24, 2.45) is 7.05 Å². The van der Waals surface area contributed by atoms with Gasteiger partial charge in [0.05, 0.1) is 5.69 Å². The van der Waals surface area contributed by atoms with E-state index >= 15 is 0 Å². The number of nitrogens with zero attached hydrogens (tertiary/aromatic N) is 2. The fourth-order valence-electron chi connectivity index (χ4n) is 1.31. The third-order valence-corrected chi connectivity index (χ3v) is 2.48. The summed E-state index contributed by atoms with van der Waals surface area (Å²) in [6.45, 7) is 1.75. The van der Waals surface area contributed by atoms with Gasteiger partial charge < -0.3 is 0 Å². The van der Waals surface area contributed by atoms with Gasteiger partial charge in [-0.2, -0.15) is 18.3 Å². The molecule has 6 heteroatoms. The number of hydrogen-bond donors (Lipinski definition) is 0. The molecule has 0 N–H and O–H groups in total. The molecule has 0 saturated heterocycles. The Bertz CT molecular complexity index is 379. The van der Waals surface area contributed by atoms with Crippen molar-refractivity contribution in [3.63, 3.8) is 0 Å². The molecule has 2 nitrogen and oxygen atoms in total. The van der Waals surface area contributed by atoms with E-state index in [9.17, 15) is 13.2 Å². The molecule has 0 saturated carbocycles. The number of aryl methyl sites for hydroxylation is 1. The van der Waals surface area contributed by atoms with Crippen molar-refractivity contribution in [3.8, 4) is 0 Å². The van der Waals surface area contributed by atoms with Crippen molar-refractivity contribution in [1.82, 2.24) is 9.78 Å². The number of alkyl halides is 4. The lowest BCUT2D eigenvalue weighted by Gasteiger charge is -2.03. The molecule has 0 unspecified atom stereocenters. The Labute approximate surface area is 93.9 Å². The van der Waals surface area contributed by atoms with Crippen molar-refractivity contribution in [3.05, 3.63) is 23.0 Å². The van der Waals surface area contributed by atoms with E-state index in [0.717, 1.165) is 0 Å². The Hall–Kier alpha value is -0.780. The Morgan fingerprint density at radius 1 is 1.47 bits per heavy atom. The number of rotatable bonds is 2. The molecule has 0 atom stereocenters. The molecular weight excluding hydrogens is 273 g/mol. The standard InChI is InChI=1S/C9H10BrF3N2/c1-3-4-7-6(5-10)8(9(11,12)13)14-15(7)2/h3-4H,5H2,1-2H3. The van der Waals surface area contributed by atoms with Gasteiger partial charge in [-0.15, -0.1) is 0 Å². The zero-order valence-electron chi connectivity index (χ0n) is 8.27. The minimum atomic E-state index is -4.40. The summed E-state index contributed by atoms with van der Waals surface area (Å²) in [5.74, 6) is 0. The summed E-state index contributed by atoms with van der Waals surface area (Å²) < 4.78 is 38.9. The SMILES string of the molecule is CC=Cc1c(CBr)c(C(F)(F)F)nn1C. The third kappa shape index (κ3) is 2.42. The Balaban J connectivity index is 3.37. The van der Waals surface area contributed by atoms with Crippen LogP contribution in [0.4, 0.5) is 13.2 Å². The second kappa shape index (κ2) is 4.38. The Morgan fingerprint density at radius 2 is 2.07 bits per heavy atom. The molecule has 84 valence electrons. The number of hydrogen-bond acceptors (Lipinski definition) is 1. The van der Waals surface area contributed by atoms with Crippen LogP contribution in [-0.4, -0.2) is 9.78 Å². The maximum Gasteiger partial charge on any atom is 0.435 e. The van der Waals surface area contributed by atoms with Gasteiger partial charge in [-0.05, 0) is 13.0 Å². The minimum absolute atomic E-state index is 0.134. The molecule has 1 heterocycles. The first-order valence-electron chi connectivity index (χ1n) is 4.23. The molecule has 0 radical (unpaired) electrons. The van der Waals surface area contributed by atoms with Crippen LogP contribution in [0.5, 0.6) is 0 Å². The summed E-state index contributed by atoms with van der Waals surface area (Å²) in [6.07, 6.45) is -1.11. The van der Waals surface area contributed by atoms with Gasteiger partial charge in [-0.25, -0.2) is 0 Å². The van der Waals surface area contributed by atoms with Crippen LogP contribution in [-0.2, 0) is 18.6 Å². The van der Waals surface area contributed by atoms with Gasteiger partial charge in [-0.3, -0.25) is 4.68 Å². The molecule has 0 bridgehead atoms. The fraction of sp³-hybridized carbons (Fsp3) is 0.444. The normalized spacial score (nSPS) is 12.7. The van der Waals surface area contributed by atoms with E-state index in [1.165, 1.54) is 11.7 Å². The maximum atomic E-state index is 12.5. The quantitative estimate of drug-likeness (QED) is 0.761. The van der Waals surface area contributed by atoms with Gasteiger partial charge >= 0.3 is 6.18 Å². The Morgan fingerprint density at radius 3 is 2.47 bits per heavy atom. The van der Waals surface area contributed by atoms with Crippen LogP contribution in [0.15, 0.2) is 6.08 Å². The van der Waals surface area contributed by atoms with E-state index in [1.54, 1.807) is 19.1 Å².